The first-order chi connectivity index (χ1) is 7.15. The Morgan fingerprint density at radius 1 is 1.60 bits per heavy atom. The number of allylic oxidation sites excluding steroid dienone is 2. The number of hydrogen-bond donors (Lipinski definition) is 1. The van der Waals surface area contributed by atoms with Crippen LogP contribution in [0.3, 0.4) is 0 Å². The Morgan fingerprint density at radius 2 is 2.33 bits per heavy atom. The summed E-state index contributed by atoms with van der Waals surface area (Å²) in [6, 6.07) is 0. The third kappa shape index (κ3) is 3.50. The number of unbranched alkanes of at least 4 members (excludes halogenated alkanes) is 1. The number of carbonyl (C=O) groups is 2. The second-order valence-electron chi connectivity index (χ2n) is 4.11. The van der Waals surface area contributed by atoms with E-state index < -0.39 is 5.97 Å². The maximum Gasteiger partial charge on any atom is 0.303 e. The molecule has 1 aliphatic carbocycles. The highest BCUT2D eigenvalue weighted by molar-refractivity contribution is 5.85. The third-order valence-corrected chi connectivity index (χ3v) is 2.88. The molecule has 1 aliphatic rings. The normalized spacial score (nSPS) is 26.3. The minimum absolute atomic E-state index is 0.0168. The molecule has 0 saturated heterocycles. The van der Waals surface area contributed by atoms with Gasteiger partial charge in [-0.1, -0.05) is 25.5 Å². The third-order valence-electron chi connectivity index (χ3n) is 2.88. The molecule has 0 aromatic heterocycles. The number of aliphatic carboxylic acids is 1. The summed E-state index contributed by atoms with van der Waals surface area (Å²) in [5.74, 6) is -0.729. The summed E-state index contributed by atoms with van der Waals surface area (Å²) in [7, 11) is 0. The fourth-order valence-electron chi connectivity index (χ4n) is 2.06. The van der Waals surface area contributed by atoms with Crippen molar-refractivity contribution in [3.63, 3.8) is 0 Å². The molecule has 15 heavy (non-hydrogen) atoms. The van der Waals surface area contributed by atoms with Crippen molar-refractivity contribution in [1.82, 2.24) is 0 Å². The molecule has 3 nitrogen and oxygen atoms in total. The summed E-state index contributed by atoms with van der Waals surface area (Å²) in [5.41, 5.74) is 0. The van der Waals surface area contributed by atoms with Crippen molar-refractivity contribution >= 4 is 11.8 Å². The lowest BCUT2D eigenvalue weighted by Gasteiger charge is -2.11. The first-order valence-corrected chi connectivity index (χ1v) is 5.56. The monoisotopic (exact) mass is 210 g/mol. The van der Waals surface area contributed by atoms with Gasteiger partial charge in [0.25, 0.3) is 0 Å². The van der Waals surface area contributed by atoms with E-state index in [1.165, 1.54) is 0 Å². The van der Waals surface area contributed by atoms with Crippen molar-refractivity contribution in [3.8, 4) is 0 Å². The van der Waals surface area contributed by atoms with Crippen LogP contribution in [0.2, 0.25) is 0 Å². The number of hydrogen-bond acceptors (Lipinski definition) is 2. The standard InChI is InChI=1S/C12H18O3/c1-2-3-4-5-10-9(8-12(14)15)6-7-11(10)13/h4-5,9-10H,2-3,6-8H2,1H3,(H,14,15)/b5-4-. The van der Waals surface area contributed by atoms with Gasteiger partial charge in [-0.05, 0) is 18.8 Å². The summed E-state index contributed by atoms with van der Waals surface area (Å²) in [5, 5.41) is 8.71. The van der Waals surface area contributed by atoms with E-state index in [1.807, 2.05) is 12.2 Å². The van der Waals surface area contributed by atoms with Crippen LogP contribution >= 0.6 is 0 Å². The number of carboxylic acid groups (broad SMARTS) is 1. The predicted molar refractivity (Wildman–Crippen MR) is 57.5 cm³/mol. The average Bonchev–Trinajstić information content (AvgIpc) is 2.49. The van der Waals surface area contributed by atoms with E-state index >= 15 is 0 Å². The van der Waals surface area contributed by atoms with Gasteiger partial charge in [-0.2, -0.15) is 0 Å². The molecule has 3 heteroatoms. The quantitative estimate of drug-likeness (QED) is 0.709. The second-order valence-corrected chi connectivity index (χ2v) is 4.11. The van der Waals surface area contributed by atoms with Crippen LogP contribution in [-0.4, -0.2) is 16.9 Å². The number of carbonyl (C=O) groups excluding carboxylic acids is 1. The summed E-state index contributed by atoms with van der Waals surface area (Å²) in [6.07, 6.45) is 7.32. The number of ketones is 1. The highest BCUT2D eigenvalue weighted by atomic mass is 16.4. The van der Waals surface area contributed by atoms with E-state index in [2.05, 4.69) is 6.92 Å². The molecule has 84 valence electrons. The Hall–Kier alpha value is -1.12. The molecule has 1 saturated carbocycles. The van der Waals surface area contributed by atoms with E-state index in [4.69, 9.17) is 5.11 Å². The Kier molecular flexibility index (Phi) is 4.53. The smallest absolute Gasteiger partial charge is 0.303 e. The van der Waals surface area contributed by atoms with Gasteiger partial charge in [-0.15, -0.1) is 0 Å². The lowest BCUT2D eigenvalue weighted by molar-refractivity contribution is -0.138. The predicted octanol–water partition coefficient (Wildman–Crippen LogP) is 2.41. The van der Waals surface area contributed by atoms with E-state index in [0.717, 1.165) is 19.3 Å². The lowest BCUT2D eigenvalue weighted by Crippen LogP contribution is -2.15. The zero-order valence-electron chi connectivity index (χ0n) is 9.11. The van der Waals surface area contributed by atoms with Crippen LogP contribution in [0.1, 0.15) is 39.0 Å². The highest BCUT2D eigenvalue weighted by Crippen LogP contribution is 2.32. The van der Waals surface area contributed by atoms with Crippen LogP contribution in [0, 0.1) is 11.8 Å². The lowest BCUT2D eigenvalue weighted by atomic mass is 9.92. The molecular formula is C12H18O3. The van der Waals surface area contributed by atoms with Gasteiger partial charge >= 0.3 is 5.97 Å². The molecule has 0 aromatic carbocycles. The van der Waals surface area contributed by atoms with Gasteiger partial charge in [0.2, 0.25) is 0 Å². The van der Waals surface area contributed by atoms with Crippen LogP contribution in [-0.2, 0) is 9.59 Å². The minimum Gasteiger partial charge on any atom is -0.481 e. The van der Waals surface area contributed by atoms with Gasteiger partial charge in [0.05, 0.1) is 0 Å². The molecule has 2 atom stereocenters. The van der Waals surface area contributed by atoms with Crippen molar-refractivity contribution in [2.24, 2.45) is 11.8 Å². The van der Waals surface area contributed by atoms with Gasteiger partial charge in [-0.25, -0.2) is 0 Å². The summed E-state index contributed by atoms with van der Waals surface area (Å²) in [6.45, 7) is 2.08. The molecular weight excluding hydrogens is 192 g/mol. The Morgan fingerprint density at radius 3 is 2.93 bits per heavy atom. The maximum absolute atomic E-state index is 11.5. The van der Waals surface area contributed by atoms with Crippen molar-refractivity contribution in [2.45, 2.75) is 39.0 Å². The summed E-state index contributed by atoms with van der Waals surface area (Å²) >= 11 is 0. The SMILES string of the molecule is CCC/C=C\C1C(=O)CCC1CC(=O)O. The van der Waals surface area contributed by atoms with Crippen LogP contribution in [0.15, 0.2) is 12.2 Å². The molecule has 0 heterocycles. The topological polar surface area (TPSA) is 54.4 Å². The van der Waals surface area contributed by atoms with E-state index in [9.17, 15) is 9.59 Å². The van der Waals surface area contributed by atoms with E-state index in [0.29, 0.717) is 6.42 Å². The first kappa shape index (κ1) is 12.0. The zero-order valence-corrected chi connectivity index (χ0v) is 9.11. The first-order valence-electron chi connectivity index (χ1n) is 5.56. The zero-order chi connectivity index (χ0) is 11.3. The molecule has 0 aromatic rings. The Balaban J connectivity index is 2.56. The van der Waals surface area contributed by atoms with Crippen molar-refractivity contribution < 1.29 is 14.7 Å². The van der Waals surface area contributed by atoms with Crippen LogP contribution in [0.5, 0.6) is 0 Å². The average molecular weight is 210 g/mol. The van der Waals surface area contributed by atoms with E-state index in [1.54, 1.807) is 0 Å². The van der Waals surface area contributed by atoms with Crippen LogP contribution in [0.4, 0.5) is 0 Å². The molecule has 1 rings (SSSR count). The molecule has 1 fully saturated rings. The second kappa shape index (κ2) is 5.69. The Bertz CT molecular complexity index is 268. The number of rotatable bonds is 5. The van der Waals surface area contributed by atoms with Crippen molar-refractivity contribution in [2.75, 3.05) is 0 Å². The minimum atomic E-state index is -0.802. The molecule has 0 aliphatic heterocycles. The highest BCUT2D eigenvalue weighted by Gasteiger charge is 2.33. The van der Waals surface area contributed by atoms with E-state index in [-0.39, 0.29) is 24.0 Å². The molecule has 2 unspecified atom stereocenters. The largest absolute Gasteiger partial charge is 0.481 e. The number of Topliss-reactive ketones (excluding diaryl/α,β-unsaturated/α-hetero) is 1. The van der Waals surface area contributed by atoms with Crippen molar-refractivity contribution in [3.05, 3.63) is 12.2 Å². The van der Waals surface area contributed by atoms with Crippen LogP contribution < -0.4 is 0 Å². The fourth-order valence-corrected chi connectivity index (χ4v) is 2.06. The Labute approximate surface area is 90.2 Å². The van der Waals surface area contributed by atoms with Gasteiger partial charge < -0.3 is 5.11 Å². The molecule has 0 spiro atoms. The van der Waals surface area contributed by atoms with Gasteiger partial charge in [-0.3, -0.25) is 9.59 Å². The number of carboxylic acids is 1. The molecule has 0 radical (unpaired) electrons. The molecule has 1 N–H and O–H groups in total. The van der Waals surface area contributed by atoms with Crippen LogP contribution in [0.25, 0.3) is 0 Å². The van der Waals surface area contributed by atoms with Gasteiger partial charge in [0.15, 0.2) is 0 Å². The molecule has 0 bridgehead atoms. The van der Waals surface area contributed by atoms with Gasteiger partial charge in [0, 0.05) is 18.8 Å². The summed E-state index contributed by atoms with van der Waals surface area (Å²) < 4.78 is 0. The van der Waals surface area contributed by atoms with Gasteiger partial charge in [0.1, 0.15) is 5.78 Å². The molecule has 0 amide bonds. The van der Waals surface area contributed by atoms with Crippen molar-refractivity contribution in [1.29, 1.82) is 0 Å². The fraction of sp³-hybridized carbons (Fsp3) is 0.667. The maximum atomic E-state index is 11.5. The summed E-state index contributed by atoms with van der Waals surface area (Å²) in [4.78, 5) is 22.1.